The molecule has 4 aromatic carbocycles. The average Bonchev–Trinajstić information content (AvgIpc) is 2.91. The lowest BCUT2D eigenvalue weighted by Crippen LogP contribution is -2.19. The van der Waals surface area contributed by atoms with Crippen molar-refractivity contribution in [1.82, 2.24) is 0 Å². The predicted octanol–water partition coefficient (Wildman–Crippen LogP) is 6.24. The topological polar surface area (TPSA) is 54.0 Å². The molecule has 0 saturated heterocycles. The maximum Gasteiger partial charge on any atom is 0.304 e. The van der Waals surface area contributed by atoms with Gasteiger partial charge >= 0.3 is 11.4 Å². The van der Waals surface area contributed by atoms with E-state index in [0.29, 0.717) is 11.5 Å². The molecule has 174 valence electrons. The lowest BCUT2D eigenvalue weighted by molar-refractivity contribution is 0.104. The van der Waals surface area contributed by atoms with Gasteiger partial charge < -0.3 is 9.47 Å². The fourth-order valence-electron chi connectivity index (χ4n) is 3.33. The van der Waals surface area contributed by atoms with E-state index in [0.717, 1.165) is 11.1 Å². The molecule has 2 atom stereocenters. The minimum Gasteiger partial charge on any atom is -0.483 e. The number of hydrogen-bond acceptors (Lipinski definition) is 5. The number of ether oxygens (including phenoxy) is 2. The highest BCUT2D eigenvalue weighted by Crippen LogP contribution is 2.24. The zero-order valence-corrected chi connectivity index (χ0v) is 19.4. The van der Waals surface area contributed by atoms with Crippen LogP contribution in [0.4, 0.5) is 0 Å². The molecule has 4 rings (SSSR count). The monoisotopic (exact) mass is 474 g/mol. The van der Waals surface area contributed by atoms with E-state index in [4.69, 9.17) is 17.8 Å². The van der Waals surface area contributed by atoms with Crippen LogP contribution in [-0.2, 0) is 19.7 Å². The molecule has 6 heteroatoms. The third-order valence-electron chi connectivity index (χ3n) is 5.02. The van der Waals surface area contributed by atoms with Gasteiger partial charge in [-0.25, -0.2) is 0 Å². The molecule has 0 radical (unpaired) electrons. The summed E-state index contributed by atoms with van der Waals surface area (Å²) in [6.07, 6.45) is -0.886. The Balaban J connectivity index is 1.37. The van der Waals surface area contributed by atoms with Crippen LogP contribution in [-0.4, -0.2) is 17.4 Å². The molecule has 0 aromatic heterocycles. The molecule has 0 saturated carbocycles. The third-order valence-corrected chi connectivity index (χ3v) is 5.67. The van der Waals surface area contributed by atoms with E-state index >= 15 is 0 Å². The van der Waals surface area contributed by atoms with Crippen LogP contribution in [0.5, 0.6) is 11.5 Å². The Morgan fingerprint density at radius 3 is 1.18 bits per heavy atom. The zero-order valence-electron chi connectivity index (χ0n) is 18.6. The molecule has 0 aliphatic carbocycles. The van der Waals surface area contributed by atoms with E-state index in [1.54, 1.807) is 0 Å². The van der Waals surface area contributed by atoms with Gasteiger partial charge in [0.15, 0.2) is 0 Å². The Morgan fingerprint density at radius 2 is 0.824 bits per heavy atom. The molecule has 0 heterocycles. The highest BCUT2D eigenvalue weighted by molar-refractivity contribution is 7.75. The standard InChI is InChI=1S/C28H26O5S/c29-34(30-21-27(23-13-5-1-6-14-23)32-25-17-9-3-10-18-25)31-22-28(24-15-7-2-8-16-24)33-26-19-11-4-12-20-26/h1-20,27-28H,21-22H2. The molecule has 4 aromatic rings. The van der Waals surface area contributed by atoms with Crippen LogP contribution < -0.4 is 9.47 Å². The van der Waals surface area contributed by atoms with E-state index in [1.807, 2.05) is 121 Å². The van der Waals surface area contributed by atoms with Gasteiger partial charge in [0.05, 0.1) is 0 Å². The molecule has 0 fully saturated rings. The molecule has 2 unspecified atom stereocenters. The quantitative estimate of drug-likeness (QED) is 0.243. The maximum atomic E-state index is 12.6. The van der Waals surface area contributed by atoms with Crippen molar-refractivity contribution in [2.75, 3.05) is 13.2 Å². The van der Waals surface area contributed by atoms with Gasteiger partial charge in [-0.1, -0.05) is 97.1 Å². The Morgan fingerprint density at radius 1 is 0.500 bits per heavy atom. The highest BCUT2D eigenvalue weighted by atomic mass is 32.2. The van der Waals surface area contributed by atoms with Gasteiger partial charge in [0.1, 0.15) is 36.9 Å². The van der Waals surface area contributed by atoms with Crippen LogP contribution in [0.1, 0.15) is 23.3 Å². The van der Waals surface area contributed by atoms with Crippen molar-refractivity contribution in [3.05, 3.63) is 132 Å². The van der Waals surface area contributed by atoms with E-state index < -0.39 is 23.6 Å². The number of benzene rings is 4. The summed E-state index contributed by atoms with van der Waals surface area (Å²) in [5.74, 6) is 1.40. The van der Waals surface area contributed by atoms with Crippen molar-refractivity contribution in [2.45, 2.75) is 12.2 Å². The van der Waals surface area contributed by atoms with Gasteiger partial charge in [-0.05, 0) is 35.4 Å². The van der Waals surface area contributed by atoms with Crippen molar-refractivity contribution in [3.8, 4) is 11.5 Å². The molecule has 34 heavy (non-hydrogen) atoms. The van der Waals surface area contributed by atoms with Gasteiger partial charge in [-0.15, -0.1) is 0 Å². The Kier molecular flexibility index (Phi) is 8.85. The van der Waals surface area contributed by atoms with Crippen LogP contribution in [0, 0.1) is 0 Å². The largest absolute Gasteiger partial charge is 0.483 e. The Bertz CT molecular complexity index is 1030. The van der Waals surface area contributed by atoms with Gasteiger partial charge in [0.25, 0.3) is 0 Å². The molecular weight excluding hydrogens is 448 g/mol. The van der Waals surface area contributed by atoms with Crippen molar-refractivity contribution >= 4 is 11.4 Å². The zero-order chi connectivity index (χ0) is 23.4. The first-order valence-corrected chi connectivity index (χ1v) is 12.0. The first kappa shape index (κ1) is 23.7. The number of hydrogen-bond donors (Lipinski definition) is 0. The van der Waals surface area contributed by atoms with Gasteiger partial charge in [-0.3, -0.25) is 8.37 Å². The lowest BCUT2D eigenvalue weighted by Gasteiger charge is -2.21. The third kappa shape index (κ3) is 7.28. The molecule has 0 amide bonds. The molecule has 0 bridgehead atoms. The minimum absolute atomic E-state index is 0.0566. The second kappa shape index (κ2) is 12.7. The van der Waals surface area contributed by atoms with E-state index in [1.165, 1.54) is 0 Å². The predicted molar refractivity (Wildman–Crippen MR) is 133 cm³/mol. The van der Waals surface area contributed by atoms with Gasteiger partial charge in [-0.2, -0.15) is 4.21 Å². The molecule has 5 nitrogen and oxygen atoms in total. The first-order valence-electron chi connectivity index (χ1n) is 11.0. The summed E-state index contributed by atoms with van der Waals surface area (Å²) in [5, 5.41) is 0. The van der Waals surface area contributed by atoms with Crippen molar-refractivity contribution in [1.29, 1.82) is 0 Å². The summed E-state index contributed by atoms with van der Waals surface area (Å²) in [5.41, 5.74) is 1.83. The van der Waals surface area contributed by atoms with E-state index in [2.05, 4.69) is 0 Å². The van der Waals surface area contributed by atoms with Gasteiger partial charge in [0, 0.05) is 0 Å². The summed E-state index contributed by atoms with van der Waals surface area (Å²) < 4.78 is 35.8. The molecule has 0 aliphatic rings. The van der Waals surface area contributed by atoms with Crippen LogP contribution in [0.15, 0.2) is 121 Å². The van der Waals surface area contributed by atoms with E-state index in [-0.39, 0.29) is 13.2 Å². The summed E-state index contributed by atoms with van der Waals surface area (Å²) >= 11 is -1.98. The smallest absolute Gasteiger partial charge is 0.304 e. The van der Waals surface area contributed by atoms with Crippen LogP contribution in [0.25, 0.3) is 0 Å². The maximum absolute atomic E-state index is 12.6. The molecule has 0 spiro atoms. The number of para-hydroxylation sites is 2. The molecular formula is C28H26O5S. The summed E-state index contributed by atoms with van der Waals surface area (Å²) in [6.45, 7) is 0.113. The van der Waals surface area contributed by atoms with Crippen LogP contribution in [0.2, 0.25) is 0 Å². The summed E-state index contributed by atoms with van der Waals surface area (Å²) in [7, 11) is 0. The summed E-state index contributed by atoms with van der Waals surface area (Å²) in [6, 6.07) is 38.3. The second-order valence-electron chi connectivity index (χ2n) is 7.43. The average molecular weight is 475 g/mol. The number of rotatable bonds is 12. The fourth-order valence-corrected chi connectivity index (χ4v) is 3.86. The van der Waals surface area contributed by atoms with Crippen LogP contribution >= 0.6 is 0 Å². The molecule has 0 N–H and O–H groups in total. The van der Waals surface area contributed by atoms with Gasteiger partial charge in [0.2, 0.25) is 0 Å². The lowest BCUT2D eigenvalue weighted by atomic mass is 10.1. The van der Waals surface area contributed by atoms with E-state index in [9.17, 15) is 4.21 Å². The Hall–Kier alpha value is -3.45. The van der Waals surface area contributed by atoms with Crippen molar-refractivity contribution in [2.24, 2.45) is 0 Å². The fraction of sp³-hybridized carbons (Fsp3) is 0.143. The Labute approximate surface area is 202 Å². The summed E-state index contributed by atoms with van der Waals surface area (Å²) in [4.78, 5) is 0. The van der Waals surface area contributed by atoms with Crippen LogP contribution in [0.3, 0.4) is 0 Å². The minimum atomic E-state index is -1.98. The SMILES string of the molecule is O=S(OCC(Oc1ccccc1)c1ccccc1)OCC(Oc1ccccc1)c1ccccc1. The molecule has 0 aliphatic heterocycles. The first-order chi connectivity index (χ1) is 16.8. The second-order valence-corrected chi connectivity index (χ2v) is 8.31. The van der Waals surface area contributed by atoms with Crippen molar-refractivity contribution < 1.29 is 22.0 Å². The normalized spacial score (nSPS) is 13.5. The highest BCUT2D eigenvalue weighted by Gasteiger charge is 2.19. The van der Waals surface area contributed by atoms with Crippen molar-refractivity contribution in [3.63, 3.8) is 0 Å².